The second kappa shape index (κ2) is 9.47. The molecular weight excluding hydrogens is 456 g/mol. The molecule has 0 radical (unpaired) electrons. The zero-order chi connectivity index (χ0) is 23.0. The van der Waals surface area contributed by atoms with Crippen LogP contribution >= 0.6 is 0 Å². The Kier molecular flexibility index (Phi) is 7.53. The van der Waals surface area contributed by atoms with Crippen molar-refractivity contribution in [3.05, 3.63) is 23.3 Å². The molecule has 10 heteroatoms. The van der Waals surface area contributed by atoms with Crippen LogP contribution in [0.1, 0.15) is 49.7 Å². The summed E-state index contributed by atoms with van der Waals surface area (Å²) in [5.41, 5.74) is 2.05. The lowest BCUT2D eigenvalue weighted by molar-refractivity contribution is -0.0740. The third-order valence-corrected chi connectivity index (χ3v) is 10.2. The number of aromatic hydroxyl groups is 1. The van der Waals surface area contributed by atoms with Crippen molar-refractivity contribution < 1.29 is 35.3 Å². The van der Waals surface area contributed by atoms with Gasteiger partial charge in [-0.15, -0.1) is 0 Å². The van der Waals surface area contributed by atoms with Gasteiger partial charge in [-0.3, -0.25) is 4.18 Å². The first-order valence-corrected chi connectivity index (χ1v) is 13.5. The number of halogens is 4. The molecule has 1 aromatic rings. The van der Waals surface area contributed by atoms with Crippen LogP contribution in [0.25, 0.3) is 0 Å². The first-order valence-electron chi connectivity index (χ1n) is 10.5. The second-order valence-corrected chi connectivity index (χ2v) is 12.6. The van der Waals surface area contributed by atoms with Crippen LogP contribution in [0.3, 0.4) is 0 Å². The number of hydrogen-bond acceptors (Lipinski definition) is 4. The SMILES string of the molecule is Cc1cc([S+]2CCCC2)cc(C)c1O.O=S(=O)(OC1CC2CCC1C2)C(F)(F)C(F)F. The minimum Gasteiger partial charge on any atom is -0.507 e. The van der Waals surface area contributed by atoms with Gasteiger partial charge in [0.05, 0.1) is 6.10 Å². The molecule has 2 saturated carbocycles. The summed E-state index contributed by atoms with van der Waals surface area (Å²) in [5, 5.41) is 4.55. The second-order valence-electron chi connectivity index (χ2n) is 8.64. The van der Waals surface area contributed by atoms with Gasteiger partial charge in [-0.05, 0) is 87.5 Å². The van der Waals surface area contributed by atoms with E-state index in [4.69, 9.17) is 0 Å². The van der Waals surface area contributed by atoms with Crippen molar-refractivity contribution in [2.45, 2.75) is 75.1 Å². The molecule has 0 aromatic heterocycles. The number of phenolic OH excluding ortho intramolecular Hbond substituents is 1. The first-order chi connectivity index (χ1) is 14.4. The minimum absolute atomic E-state index is 0.0942. The largest absolute Gasteiger partial charge is 0.507 e. The topological polar surface area (TPSA) is 63.6 Å². The number of benzene rings is 1. The standard InChI is InChI=1S/C12H16OS.C9H12F4O3S/c1-9-7-11(8-10(2)12(9)13)14-5-3-4-6-14;10-8(11)9(12,13)17(14,15)16-7-4-5-1-2-6(7)3-5/h7-8H,3-6H2,1-2H3;5-8H,1-4H2/p+1. The van der Waals surface area contributed by atoms with E-state index in [1.807, 2.05) is 13.8 Å². The highest BCUT2D eigenvalue weighted by Gasteiger charge is 2.57. The Labute approximate surface area is 183 Å². The number of aryl methyl sites for hydroxylation is 2. The lowest BCUT2D eigenvalue weighted by Gasteiger charge is -2.24. The summed E-state index contributed by atoms with van der Waals surface area (Å²) in [6.07, 6.45) is 0.365. The highest BCUT2D eigenvalue weighted by Crippen LogP contribution is 2.47. The average molecular weight is 486 g/mol. The molecule has 1 saturated heterocycles. The van der Waals surface area contributed by atoms with Crippen LogP contribution in [-0.2, 0) is 25.2 Å². The fraction of sp³-hybridized carbons (Fsp3) is 0.714. The Hall–Kier alpha value is -1.00. The van der Waals surface area contributed by atoms with Gasteiger partial charge in [-0.2, -0.15) is 17.2 Å². The van der Waals surface area contributed by atoms with Gasteiger partial charge >= 0.3 is 21.8 Å². The van der Waals surface area contributed by atoms with E-state index < -0.39 is 27.9 Å². The summed E-state index contributed by atoms with van der Waals surface area (Å²) >= 11 is 0. The van der Waals surface area contributed by atoms with Gasteiger partial charge < -0.3 is 5.11 Å². The molecule has 0 spiro atoms. The molecule has 3 fully saturated rings. The van der Waals surface area contributed by atoms with E-state index in [0.29, 0.717) is 29.5 Å². The smallest absolute Gasteiger partial charge is 0.428 e. The lowest BCUT2D eigenvalue weighted by Crippen LogP contribution is -2.40. The van der Waals surface area contributed by atoms with E-state index in [1.165, 1.54) is 29.2 Å². The van der Waals surface area contributed by atoms with Gasteiger partial charge in [0.1, 0.15) is 17.3 Å². The lowest BCUT2D eigenvalue weighted by atomic mass is 9.98. The molecule has 176 valence electrons. The Morgan fingerprint density at radius 2 is 1.68 bits per heavy atom. The first kappa shape index (κ1) is 24.6. The quantitative estimate of drug-likeness (QED) is 0.356. The molecule has 1 aromatic carbocycles. The molecule has 3 unspecified atom stereocenters. The third kappa shape index (κ3) is 5.33. The molecule has 1 N–H and O–H groups in total. The van der Waals surface area contributed by atoms with E-state index >= 15 is 0 Å². The van der Waals surface area contributed by atoms with E-state index in [1.54, 1.807) is 0 Å². The summed E-state index contributed by atoms with van der Waals surface area (Å²) in [4.78, 5) is 1.45. The number of rotatable bonds is 5. The maximum atomic E-state index is 12.8. The fourth-order valence-electron chi connectivity index (χ4n) is 4.61. The van der Waals surface area contributed by atoms with Crippen molar-refractivity contribution in [1.82, 2.24) is 0 Å². The third-order valence-electron chi connectivity index (χ3n) is 6.34. The van der Waals surface area contributed by atoms with Crippen molar-refractivity contribution in [3.63, 3.8) is 0 Å². The van der Waals surface area contributed by atoms with Gasteiger partial charge in [0.15, 0.2) is 4.90 Å². The van der Waals surface area contributed by atoms with Gasteiger partial charge in [0.25, 0.3) is 0 Å². The van der Waals surface area contributed by atoms with E-state index in [9.17, 15) is 31.1 Å². The molecule has 2 bridgehead atoms. The van der Waals surface area contributed by atoms with Gasteiger partial charge in [0, 0.05) is 10.9 Å². The monoisotopic (exact) mass is 485 g/mol. The number of alkyl halides is 4. The molecule has 2 aliphatic carbocycles. The Morgan fingerprint density at radius 3 is 2.13 bits per heavy atom. The molecular formula is C21H29F4O4S2+. The van der Waals surface area contributed by atoms with Crippen LogP contribution < -0.4 is 0 Å². The van der Waals surface area contributed by atoms with Crippen LogP contribution in [0.15, 0.2) is 17.0 Å². The predicted molar refractivity (Wildman–Crippen MR) is 112 cm³/mol. The Balaban J connectivity index is 0.000000179. The summed E-state index contributed by atoms with van der Waals surface area (Å²) < 4.78 is 75.9. The molecule has 4 nitrogen and oxygen atoms in total. The number of fused-ring (bicyclic) bond motifs is 2. The van der Waals surface area contributed by atoms with Gasteiger partial charge in [0.2, 0.25) is 0 Å². The van der Waals surface area contributed by atoms with Gasteiger partial charge in [-0.25, -0.2) is 8.78 Å². The fourth-order valence-corrected chi connectivity index (χ4v) is 7.99. The highest BCUT2D eigenvalue weighted by molar-refractivity contribution is 7.97. The molecule has 3 aliphatic rings. The van der Waals surface area contributed by atoms with Gasteiger partial charge in [-0.1, -0.05) is 0 Å². The molecule has 4 rings (SSSR count). The number of hydrogen-bond donors (Lipinski definition) is 1. The summed E-state index contributed by atoms with van der Waals surface area (Å²) in [6, 6.07) is 4.33. The molecule has 1 aliphatic heterocycles. The summed E-state index contributed by atoms with van der Waals surface area (Å²) in [7, 11) is -5.08. The van der Waals surface area contributed by atoms with E-state index in [2.05, 4.69) is 16.3 Å². The summed E-state index contributed by atoms with van der Waals surface area (Å²) in [5.74, 6) is 3.35. The maximum Gasteiger partial charge on any atom is 0.428 e. The van der Waals surface area contributed by atoms with Crippen molar-refractivity contribution >= 4 is 21.0 Å². The Bertz CT molecular complexity index is 862. The zero-order valence-electron chi connectivity index (χ0n) is 17.6. The molecule has 31 heavy (non-hydrogen) atoms. The Morgan fingerprint density at radius 1 is 1.10 bits per heavy atom. The van der Waals surface area contributed by atoms with E-state index in [-0.39, 0.29) is 11.8 Å². The van der Waals surface area contributed by atoms with Crippen molar-refractivity contribution in [2.75, 3.05) is 11.5 Å². The summed E-state index contributed by atoms with van der Waals surface area (Å²) in [6.45, 7) is 3.98. The predicted octanol–water partition coefficient (Wildman–Crippen LogP) is 5.16. The number of phenols is 1. The molecule has 3 atom stereocenters. The molecule has 0 amide bonds. The maximum absolute atomic E-state index is 12.8. The van der Waals surface area contributed by atoms with Crippen LogP contribution in [0, 0.1) is 25.7 Å². The van der Waals surface area contributed by atoms with Crippen molar-refractivity contribution in [1.29, 1.82) is 0 Å². The molecule has 1 heterocycles. The average Bonchev–Trinajstić information content (AvgIpc) is 3.43. The van der Waals surface area contributed by atoms with Crippen LogP contribution in [0.5, 0.6) is 5.75 Å². The van der Waals surface area contributed by atoms with Crippen molar-refractivity contribution in [3.8, 4) is 5.75 Å². The normalized spacial score (nSPS) is 26.4. The zero-order valence-corrected chi connectivity index (χ0v) is 19.3. The highest BCUT2D eigenvalue weighted by atomic mass is 32.2. The minimum atomic E-state index is -5.55. The van der Waals surface area contributed by atoms with Crippen LogP contribution in [-0.4, -0.2) is 42.8 Å². The van der Waals surface area contributed by atoms with Crippen LogP contribution in [0.4, 0.5) is 17.6 Å². The van der Waals surface area contributed by atoms with Crippen LogP contribution in [0.2, 0.25) is 0 Å². The van der Waals surface area contributed by atoms with E-state index in [0.717, 1.165) is 24.0 Å². The van der Waals surface area contributed by atoms with Crippen molar-refractivity contribution in [2.24, 2.45) is 11.8 Å².